The van der Waals surface area contributed by atoms with E-state index in [9.17, 15) is 4.79 Å². The maximum atomic E-state index is 13.9. The molecule has 8 heteroatoms. The molecular formula is C33H32N3O2S3+. The normalized spacial score (nSPS) is 14.9. The second-order valence-electron chi connectivity index (χ2n) is 9.61. The first-order valence-electron chi connectivity index (χ1n) is 13.9. The minimum Gasteiger partial charge on any atom is -0.494 e. The number of hydrogen-bond acceptors (Lipinski definition) is 6. The van der Waals surface area contributed by atoms with Crippen LogP contribution in [-0.2, 0) is 6.54 Å². The van der Waals surface area contributed by atoms with Crippen molar-refractivity contribution in [1.82, 2.24) is 4.57 Å². The number of rotatable bonds is 7. The highest BCUT2D eigenvalue weighted by molar-refractivity contribution is 8.03. The van der Waals surface area contributed by atoms with Gasteiger partial charge in [-0.05, 0) is 69.7 Å². The van der Waals surface area contributed by atoms with Gasteiger partial charge in [0.05, 0.1) is 33.6 Å². The van der Waals surface area contributed by atoms with Crippen LogP contribution in [0.5, 0.6) is 5.75 Å². The van der Waals surface area contributed by atoms with Gasteiger partial charge in [-0.25, -0.2) is 0 Å². The van der Waals surface area contributed by atoms with E-state index in [1.54, 1.807) is 23.1 Å². The van der Waals surface area contributed by atoms with Crippen molar-refractivity contribution in [2.45, 2.75) is 39.1 Å². The maximum Gasteiger partial charge on any atom is 0.273 e. The third-order valence-corrected chi connectivity index (χ3v) is 10.3. The number of hydrogen-bond donors (Lipinski definition) is 0. The van der Waals surface area contributed by atoms with Gasteiger partial charge in [-0.1, -0.05) is 53.4 Å². The second-order valence-corrected chi connectivity index (χ2v) is 12.8. The van der Waals surface area contributed by atoms with Crippen LogP contribution in [0.4, 0.5) is 5.69 Å². The standard InChI is InChI=1S/C33H32N3O2S3/c1-5-34-24-15-11-12-16-27(24)39-31(34)21-32-36(23-13-9-8-10-14-23)33(37)28(40-32)17-18-30-35(6-2)25-20-26(38-7-3)22(4)19-29(25)41-30/h8-21H,5-7H2,1-4H3/q+1. The lowest BCUT2D eigenvalue weighted by atomic mass is 10.2. The summed E-state index contributed by atoms with van der Waals surface area (Å²) in [5.74, 6) is 0.922. The van der Waals surface area contributed by atoms with E-state index < -0.39 is 0 Å². The molecule has 1 aliphatic heterocycles. The predicted octanol–water partition coefficient (Wildman–Crippen LogP) is 6.21. The molecule has 0 aliphatic carbocycles. The Morgan fingerprint density at radius 3 is 2.49 bits per heavy atom. The molecule has 208 valence electrons. The quantitative estimate of drug-likeness (QED) is 0.209. The molecule has 0 atom stereocenters. The van der Waals surface area contributed by atoms with Gasteiger partial charge in [0.25, 0.3) is 10.6 Å². The van der Waals surface area contributed by atoms with Crippen molar-refractivity contribution in [3.63, 3.8) is 0 Å². The Morgan fingerprint density at radius 2 is 1.73 bits per heavy atom. The maximum absolute atomic E-state index is 13.9. The van der Waals surface area contributed by atoms with Gasteiger partial charge in [-0.15, -0.1) is 11.3 Å². The average molecular weight is 599 g/mol. The van der Waals surface area contributed by atoms with Crippen LogP contribution in [0.3, 0.4) is 0 Å². The molecule has 0 spiro atoms. The first-order chi connectivity index (χ1) is 20.0. The number of thioether (sulfide) groups is 1. The number of thiazole rings is 2. The minimum absolute atomic E-state index is 0.00787. The fraction of sp³-hybridized carbons (Fsp3) is 0.212. The molecule has 0 unspecified atom stereocenters. The number of aromatic nitrogens is 2. The van der Waals surface area contributed by atoms with E-state index in [1.165, 1.54) is 26.4 Å². The van der Waals surface area contributed by atoms with Gasteiger partial charge in [-0.3, -0.25) is 9.36 Å². The number of benzene rings is 3. The topological polar surface area (TPSA) is 38.4 Å². The van der Waals surface area contributed by atoms with Crippen molar-refractivity contribution < 1.29 is 9.30 Å². The Morgan fingerprint density at radius 1 is 0.951 bits per heavy atom. The van der Waals surface area contributed by atoms with Crippen molar-refractivity contribution in [2.24, 2.45) is 0 Å². The Kier molecular flexibility index (Phi) is 7.88. The van der Waals surface area contributed by atoms with Crippen LogP contribution in [0.25, 0.3) is 28.1 Å². The summed E-state index contributed by atoms with van der Waals surface area (Å²) in [6.45, 7) is 10.7. The van der Waals surface area contributed by atoms with E-state index in [1.807, 2.05) is 47.9 Å². The molecule has 0 bridgehead atoms. The summed E-state index contributed by atoms with van der Waals surface area (Å²) in [5, 5.41) is 2.23. The highest BCUT2D eigenvalue weighted by atomic mass is 32.2. The predicted molar refractivity (Wildman–Crippen MR) is 174 cm³/mol. The number of ether oxygens (including phenoxy) is 1. The lowest BCUT2D eigenvalue weighted by Gasteiger charge is -2.18. The SMILES string of the molecule is CCOc1cc2c(cc1C)SC(=CC=c1sc(=Cc3sc4ccccc4[n+]3CC)n(-c3ccccc3)c1=O)N2CC. The molecule has 0 amide bonds. The number of aryl methyl sites for hydroxylation is 2. The molecule has 0 fully saturated rings. The number of anilines is 1. The van der Waals surface area contributed by atoms with Crippen molar-refractivity contribution in [2.75, 3.05) is 18.1 Å². The second kappa shape index (κ2) is 11.7. The van der Waals surface area contributed by atoms with Crippen LogP contribution >= 0.6 is 34.4 Å². The average Bonchev–Trinajstić information content (AvgIpc) is 3.62. The zero-order chi connectivity index (χ0) is 28.5. The van der Waals surface area contributed by atoms with Crippen molar-refractivity contribution in [1.29, 1.82) is 0 Å². The molecule has 0 N–H and O–H groups in total. The van der Waals surface area contributed by atoms with Gasteiger partial charge in [0, 0.05) is 23.6 Å². The van der Waals surface area contributed by atoms with Crippen LogP contribution in [0.15, 0.2) is 87.5 Å². The third-order valence-electron chi connectivity index (χ3n) is 7.08. The molecule has 0 saturated carbocycles. The van der Waals surface area contributed by atoms with Gasteiger partial charge in [0.1, 0.15) is 21.7 Å². The summed E-state index contributed by atoms with van der Waals surface area (Å²) < 4.78 is 12.9. The first kappa shape index (κ1) is 27.6. The fourth-order valence-electron chi connectivity index (χ4n) is 5.16. The van der Waals surface area contributed by atoms with E-state index >= 15 is 0 Å². The van der Waals surface area contributed by atoms with Crippen LogP contribution < -0.4 is 29.0 Å². The van der Waals surface area contributed by atoms with Gasteiger partial charge >= 0.3 is 0 Å². The molecule has 5 nitrogen and oxygen atoms in total. The summed E-state index contributed by atoms with van der Waals surface area (Å²) in [5.41, 5.74) is 4.36. The zero-order valence-electron chi connectivity index (χ0n) is 23.6. The lowest BCUT2D eigenvalue weighted by Crippen LogP contribution is -2.35. The minimum atomic E-state index is -0.00787. The number of fused-ring (bicyclic) bond motifs is 2. The smallest absolute Gasteiger partial charge is 0.273 e. The molecular weight excluding hydrogens is 567 g/mol. The number of para-hydroxylation sites is 2. The molecule has 0 saturated heterocycles. The summed E-state index contributed by atoms with van der Waals surface area (Å²) in [4.78, 5) is 17.4. The zero-order valence-corrected chi connectivity index (χ0v) is 26.0. The lowest BCUT2D eigenvalue weighted by molar-refractivity contribution is -0.665. The van der Waals surface area contributed by atoms with Crippen molar-refractivity contribution in [3.8, 4) is 11.4 Å². The summed E-state index contributed by atoms with van der Waals surface area (Å²) in [6, 6.07) is 22.7. The van der Waals surface area contributed by atoms with Gasteiger partial charge in [-0.2, -0.15) is 4.57 Å². The Bertz CT molecular complexity index is 1950. The Hall–Kier alpha value is -3.59. The van der Waals surface area contributed by atoms with E-state index in [-0.39, 0.29) is 5.56 Å². The van der Waals surface area contributed by atoms with Gasteiger partial charge < -0.3 is 9.64 Å². The number of nitrogens with zero attached hydrogens (tertiary/aromatic N) is 3. The largest absolute Gasteiger partial charge is 0.494 e. The van der Waals surface area contributed by atoms with Crippen LogP contribution in [-0.4, -0.2) is 17.7 Å². The van der Waals surface area contributed by atoms with Crippen molar-refractivity contribution in [3.05, 3.63) is 108 Å². The molecule has 5 aromatic rings. The highest BCUT2D eigenvalue weighted by Crippen LogP contribution is 2.48. The van der Waals surface area contributed by atoms with E-state index in [0.717, 1.165) is 50.5 Å². The molecule has 3 heterocycles. The number of allylic oxidation sites excluding steroid dienone is 1. The summed E-state index contributed by atoms with van der Waals surface area (Å²) in [7, 11) is 0. The molecule has 1 aliphatic rings. The Labute approximate surface area is 252 Å². The molecule has 3 aromatic carbocycles. The van der Waals surface area contributed by atoms with Crippen LogP contribution in [0.2, 0.25) is 0 Å². The monoisotopic (exact) mass is 598 g/mol. The van der Waals surface area contributed by atoms with E-state index in [4.69, 9.17) is 4.74 Å². The van der Waals surface area contributed by atoms with E-state index in [2.05, 4.69) is 78.8 Å². The summed E-state index contributed by atoms with van der Waals surface area (Å²) >= 11 is 5.03. The molecule has 0 radical (unpaired) electrons. The third kappa shape index (κ3) is 5.16. The van der Waals surface area contributed by atoms with E-state index in [0.29, 0.717) is 11.1 Å². The van der Waals surface area contributed by atoms with Crippen LogP contribution in [0.1, 0.15) is 31.3 Å². The van der Waals surface area contributed by atoms with Crippen LogP contribution in [0, 0.1) is 6.92 Å². The van der Waals surface area contributed by atoms with Gasteiger partial charge in [0.15, 0.2) is 0 Å². The molecule has 2 aromatic heterocycles. The Balaban J connectivity index is 1.49. The molecule has 6 rings (SSSR count). The fourth-order valence-corrected chi connectivity index (χ4v) is 8.60. The first-order valence-corrected chi connectivity index (χ1v) is 16.3. The summed E-state index contributed by atoms with van der Waals surface area (Å²) in [6.07, 6.45) is 6.23. The van der Waals surface area contributed by atoms with Crippen molar-refractivity contribution >= 4 is 62.5 Å². The highest BCUT2D eigenvalue weighted by Gasteiger charge is 2.25. The van der Waals surface area contributed by atoms with Gasteiger partial charge in [0.2, 0.25) is 5.52 Å². The molecule has 41 heavy (non-hydrogen) atoms.